The van der Waals surface area contributed by atoms with Gasteiger partial charge < -0.3 is 15.7 Å². The van der Waals surface area contributed by atoms with Crippen LogP contribution in [-0.2, 0) is 14.8 Å². The van der Waals surface area contributed by atoms with E-state index >= 15 is 0 Å². The minimum atomic E-state index is -3.75. The Kier molecular flexibility index (Phi) is 8.40. The van der Waals surface area contributed by atoms with Crippen molar-refractivity contribution in [2.24, 2.45) is 0 Å². The number of nitrogens with one attached hydrogen (secondary N) is 3. The van der Waals surface area contributed by atoms with E-state index in [9.17, 15) is 23.1 Å². The standard InChI is InChI=1S/C23H31N3O5S/c1-14-15(2)17(4)22(18(5)16(14)3)32(30,31)26-11-10-21(28)24-12-13-25-23(29)19-6-8-20(27)9-7-19/h6-9,26-27H,10-13H2,1-5H3,(H,24,28)(H,25,29). The molecule has 0 aliphatic heterocycles. The number of hydrogen-bond acceptors (Lipinski definition) is 5. The van der Waals surface area contributed by atoms with Gasteiger partial charge in [-0.2, -0.15) is 0 Å². The third kappa shape index (κ3) is 6.08. The van der Waals surface area contributed by atoms with Crippen LogP contribution in [0.4, 0.5) is 0 Å². The Morgan fingerprint density at radius 2 is 1.28 bits per heavy atom. The minimum absolute atomic E-state index is 0.0208. The number of carbonyl (C=O) groups is 2. The molecule has 32 heavy (non-hydrogen) atoms. The first-order valence-corrected chi connectivity index (χ1v) is 11.8. The van der Waals surface area contributed by atoms with Gasteiger partial charge in [-0.3, -0.25) is 9.59 Å². The van der Waals surface area contributed by atoms with Crippen LogP contribution in [0.2, 0.25) is 0 Å². The second kappa shape index (κ2) is 10.6. The molecule has 2 rings (SSSR count). The molecule has 4 N–H and O–H groups in total. The van der Waals surface area contributed by atoms with Crippen LogP contribution in [-0.4, -0.2) is 45.0 Å². The van der Waals surface area contributed by atoms with E-state index in [2.05, 4.69) is 15.4 Å². The number of amides is 2. The zero-order valence-corrected chi connectivity index (χ0v) is 19.9. The topological polar surface area (TPSA) is 125 Å². The predicted molar refractivity (Wildman–Crippen MR) is 123 cm³/mol. The smallest absolute Gasteiger partial charge is 0.251 e. The van der Waals surface area contributed by atoms with Crippen molar-refractivity contribution in [1.29, 1.82) is 0 Å². The summed E-state index contributed by atoms with van der Waals surface area (Å²) in [7, 11) is -3.75. The molecule has 0 fully saturated rings. The largest absolute Gasteiger partial charge is 0.508 e. The fourth-order valence-corrected chi connectivity index (χ4v) is 5.05. The third-order valence-electron chi connectivity index (χ3n) is 5.71. The number of benzene rings is 2. The van der Waals surface area contributed by atoms with Gasteiger partial charge in [-0.25, -0.2) is 13.1 Å². The van der Waals surface area contributed by atoms with Crippen LogP contribution in [0.1, 0.15) is 44.6 Å². The zero-order valence-electron chi connectivity index (χ0n) is 19.1. The minimum Gasteiger partial charge on any atom is -0.508 e. The first-order valence-electron chi connectivity index (χ1n) is 10.4. The van der Waals surface area contributed by atoms with E-state index in [4.69, 9.17) is 0 Å². The number of sulfonamides is 1. The highest BCUT2D eigenvalue weighted by molar-refractivity contribution is 7.89. The van der Waals surface area contributed by atoms with Gasteiger partial charge in [0.05, 0.1) is 4.90 Å². The van der Waals surface area contributed by atoms with Crippen molar-refractivity contribution in [2.45, 2.75) is 45.9 Å². The molecule has 9 heteroatoms. The molecule has 2 aromatic carbocycles. The van der Waals surface area contributed by atoms with Gasteiger partial charge in [-0.1, -0.05) is 0 Å². The van der Waals surface area contributed by atoms with Crippen LogP contribution >= 0.6 is 0 Å². The highest BCUT2D eigenvalue weighted by Gasteiger charge is 2.23. The maximum Gasteiger partial charge on any atom is 0.251 e. The number of phenols is 1. The van der Waals surface area contributed by atoms with Crippen molar-refractivity contribution >= 4 is 21.8 Å². The molecule has 8 nitrogen and oxygen atoms in total. The molecule has 2 amide bonds. The Labute approximate surface area is 189 Å². The average Bonchev–Trinajstić information content (AvgIpc) is 2.74. The number of aromatic hydroxyl groups is 1. The quantitative estimate of drug-likeness (QED) is 0.426. The van der Waals surface area contributed by atoms with Gasteiger partial charge in [-0.05, 0) is 86.7 Å². The summed E-state index contributed by atoms with van der Waals surface area (Å²) in [6, 6.07) is 5.82. The second-order valence-corrected chi connectivity index (χ2v) is 9.46. The van der Waals surface area contributed by atoms with Crippen LogP contribution in [0.5, 0.6) is 5.75 Å². The predicted octanol–water partition coefficient (Wildman–Crippen LogP) is 2.15. The third-order valence-corrected chi connectivity index (χ3v) is 7.44. The van der Waals surface area contributed by atoms with E-state index in [0.29, 0.717) is 16.7 Å². The van der Waals surface area contributed by atoms with E-state index in [1.54, 1.807) is 13.8 Å². The summed E-state index contributed by atoms with van der Waals surface area (Å²) in [4.78, 5) is 24.3. The molecular formula is C23H31N3O5S. The van der Waals surface area contributed by atoms with E-state index in [1.165, 1.54) is 24.3 Å². The lowest BCUT2D eigenvalue weighted by atomic mass is 9.95. The molecule has 2 aromatic rings. The fourth-order valence-electron chi connectivity index (χ4n) is 3.42. The maximum atomic E-state index is 12.9. The Balaban J connectivity index is 1.81. The van der Waals surface area contributed by atoms with Crippen LogP contribution in [0.25, 0.3) is 0 Å². The van der Waals surface area contributed by atoms with E-state index in [0.717, 1.165) is 16.7 Å². The number of hydrogen-bond donors (Lipinski definition) is 4. The van der Waals surface area contributed by atoms with Crippen molar-refractivity contribution in [3.63, 3.8) is 0 Å². The normalized spacial score (nSPS) is 11.3. The average molecular weight is 462 g/mol. The molecule has 0 aromatic heterocycles. The van der Waals surface area contributed by atoms with Gasteiger partial charge in [0.25, 0.3) is 5.91 Å². The van der Waals surface area contributed by atoms with Crippen molar-refractivity contribution in [1.82, 2.24) is 15.4 Å². The molecule has 0 spiro atoms. The Morgan fingerprint density at radius 1 is 0.781 bits per heavy atom. The van der Waals surface area contributed by atoms with Crippen molar-refractivity contribution in [2.75, 3.05) is 19.6 Å². The Bertz CT molecular complexity index is 1080. The second-order valence-electron chi connectivity index (χ2n) is 7.75. The number of carbonyl (C=O) groups excluding carboxylic acids is 2. The van der Waals surface area contributed by atoms with Gasteiger partial charge in [0.2, 0.25) is 15.9 Å². The lowest BCUT2D eigenvalue weighted by Crippen LogP contribution is -2.36. The van der Waals surface area contributed by atoms with E-state index < -0.39 is 10.0 Å². The summed E-state index contributed by atoms with van der Waals surface area (Å²) in [5.74, 6) is -0.569. The summed E-state index contributed by atoms with van der Waals surface area (Å²) in [6.07, 6.45) is -0.0208. The molecule has 0 saturated carbocycles. The van der Waals surface area contributed by atoms with Crippen LogP contribution in [0.15, 0.2) is 29.2 Å². The summed E-state index contributed by atoms with van der Waals surface area (Å²) >= 11 is 0. The number of rotatable bonds is 9. The maximum absolute atomic E-state index is 12.9. The molecular weight excluding hydrogens is 430 g/mol. The van der Waals surface area contributed by atoms with E-state index in [1.807, 2.05) is 20.8 Å². The molecule has 0 aliphatic carbocycles. The molecule has 174 valence electrons. The van der Waals surface area contributed by atoms with Crippen molar-refractivity contribution in [3.05, 3.63) is 57.6 Å². The molecule has 0 heterocycles. The molecule has 0 saturated heterocycles. The molecule has 0 unspecified atom stereocenters. The van der Waals surface area contributed by atoms with Gasteiger partial charge in [-0.15, -0.1) is 0 Å². The van der Waals surface area contributed by atoms with Gasteiger partial charge in [0.15, 0.2) is 0 Å². The van der Waals surface area contributed by atoms with Crippen molar-refractivity contribution < 1.29 is 23.1 Å². The van der Waals surface area contributed by atoms with Gasteiger partial charge >= 0.3 is 0 Å². The van der Waals surface area contributed by atoms with Gasteiger partial charge in [0.1, 0.15) is 5.75 Å². The zero-order chi connectivity index (χ0) is 24.1. The van der Waals surface area contributed by atoms with Crippen molar-refractivity contribution in [3.8, 4) is 5.75 Å². The summed E-state index contributed by atoms with van der Waals surface area (Å²) < 4.78 is 28.2. The molecule has 0 atom stereocenters. The SMILES string of the molecule is Cc1c(C)c(C)c(S(=O)(=O)NCCC(=O)NCCNC(=O)c2ccc(O)cc2)c(C)c1C. The lowest BCUT2D eigenvalue weighted by molar-refractivity contribution is -0.120. The van der Waals surface area contributed by atoms with E-state index in [-0.39, 0.29) is 48.5 Å². The first-order chi connectivity index (χ1) is 15.0. The Hall–Kier alpha value is -2.91. The molecule has 0 radical (unpaired) electrons. The first kappa shape index (κ1) is 25.4. The summed E-state index contributed by atoms with van der Waals surface area (Å²) in [5, 5.41) is 14.5. The van der Waals surface area contributed by atoms with Crippen LogP contribution in [0, 0.1) is 34.6 Å². The van der Waals surface area contributed by atoms with Crippen LogP contribution < -0.4 is 15.4 Å². The summed E-state index contributed by atoms with van der Waals surface area (Å²) in [6.45, 7) is 9.78. The molecule has 0 aliphatic rings. The summed E-state index contributed by atoms with van der Waals surface area (Å²) in [5.41, 5.74) is 4.80. The Morgan fingerprint density at radius 3 is 1.84 bits per heavy atom. The van der Waals surface area contributed by atoms with Gasteiger partial charge in [0, 0.05) is 31.6 Å². The number of phenolic OH excluding ortho intramolecular Hbond substituents is 1. The lowest BCUT2D eigenvalue weighted by Gasteiger charge is -2.19. The fraction of sp³-hybridized carbons (Fsp3) is 0.391. The monoisotopic (exact) mass is 461 g/mol. The highest BCUT2D eigenvalue weighted by atomic mass is 32.2. The molecule has 0 bridgehead atoms. The van der Waals surface area contributed by atoms with Crippen LogP contribution in [0.3, 0.4) is 0 Å². The highest BCUT2D eigenvalue weighted by Crippen LogP contribution is 2.29.